The number of hydrogen-bond acceptors (Lipinski definition) is 7. The Labute approximate surface area is 154 Å². The van der Waals surface area contributed by atoms with Gasteiger partial charge in [0.1, 0.15) is 0 Å². The van der Waals surface area contributed by atoms with E-state index in [-0.39, 0.29) is 5.69 Å². The first-order valence-electron chi connectivity index (χ1n) is 7.12. The fourth-order valence-electron chi connectivity index (χ4n) is 2.09. The summed E-state index contributed by atoms with van der Waals surface area (Å²) >= 11 is 4.27. The molecule has 7 nitrogen and oxygen atoms in total. The Morgan fingerprint density at radius 1 is 1.12 bits per heavy atom. The molecule has 124 valence electrons. The van der Waals surface area contributed by atoms with Gasteiger partial charge in [-0.3, -0.25) is 10.1 Å². The van der Waals surface area contributed by atoms with Gasteiger partial charge in [0.15, 0.2) is 21.9 Å². The third-order valence-electron chi connectivity index (χ3n) is 3.24. The van der Waals surface area contributed by atoms with Crippen molar-refractivity contribution in [3.63, 3.8) is 0 Å². The van der Waals surface area contributed by atoms with Crippen molar-refractivity contribution in [1.82, 2.24) is 14.5 Å². The van der Waals surface area contributed by atoms with Crippen molar-refractivity contribution in [3.05, 3.63) is 58.9 Å². The van der Waals surface area contributed by atoms with Crippen molar-refractivity contribution in [2.75, 3.05) is 5.32 Å². The second-order valence-corrected chi connectivity index (χ2v) is 6.46. The van der Waals surface area contributed by atoms with Crippen LogP contribution in [0.2, 0.25) is 0 Å². The molecular formula is C16H9BrN4O3S. The topological polar surface area (TPSA) is 94.1 Å². The molecule has 0 spiro atoms. The number of halogens is 1. The van der Waals surface area contributed by atoms with E-state index < -0.39 is 5.91 Å². The van der Waals surface area contributed by atoms with Crippen molar-refractivity contribution in [1.29, 1.82) is 0 Å². The molecule has 4 rings (SSSR count). The van der Waals surface area contributed by atoms with Crippen molar-refractivity contribution >= 4 is 38.5 Å². The molecular weight excluding hydrogens is 408 g/mol. The zero-order chi connectivity index (χ0) is 17.2. The van der Waals surface area contributed by atoms with Gasteiger partial charge in [0.25, 0.3) is 5.91 Å². The first-order valence-corrected chi connectivity index (χ1v) is 8.68. The second kappa shape index (κ2) is 6.61. The van der Waals surface area contributed by atoms with Gasteiger partial charge < -0.3 is 8.94 Å². The molecule has 1 N–H and O–H groups in total. The number of amides is 1. The molecule has 25 heavy (non-hydrogen) atoms. The highest BCUT2D eigenvalue weighted by Gasteiger charge is 2.17. The summed E-state index contributed by atoms with van der Waals surface area (Å²) in [5.74, 6) is 1.01. The maximum absolute atomic E-state index is 12.3. The first-order chi connectivity index (χ1) is 12.2. The third kappa shape index (κ3) is 3.37. The van der Waals surface area contributed by atoms with Crippen LogP contribution >= 0.6 is 27.5 Å². The highest BCUT2D eigenvalue weighted by atomic mass is 79.9. The summed E-state index contributed by atoms with van der Waals surface area (Å²) in [6.45, 7) is 0. The van der Waals surface area contributed by atoms with E-state index in [0.29, 0.717) is 27.1 Å². The van der Waals surface area contributed by atoms with Crippen LogP contribution in [-0.4, -0.2) is 20.4 Å². The number of rotatable bonds is 4. The lowest BCUT2D eigenvalue weighted by Crippen LogP contribution is -2.11. The minimum atomic E-state index is -0.422. The van der Waals surface area contributed by atoms with Gasteiger partial charge in [0.2, 0.25) is 11.0 Å². The van der Waals surface area contributed by atoms with Crippen molar-refractivity contribution in [2.45, 2.75) is 0 Å². The maximum Gasteiger partial charge on any atom is 0.279 e. The summed E-state index contributed by atoms with van der Waals surface area (Å²) in [6.07, 6.45) is 0. The second-order valence-electron chi connectivity index (χ2n) is 4.92. The quantitative estimate of drug-likeness (QED) is 0.527. The van der Waals surface area contributed by atoms with E-state index in [2.05, 4.69) is 35.8 Å². The summed E-state index contributed by atoms with van der Waals surface area (Å²) < 4.78 is 15.3. The van der Waals surface area contributed by atoms with E-state index in [4.69, 9.17) is 8.94 Å². The Kier molecular flexibility index (Phi) is 4.16. The maximum atomic E-state index is 12.3. The number of carbonyl (C=O) groups excluding carboxylic acids is 1. The van der Waals surface area contributed by atoms with Gasteiger partial charge >= 0.3 is 0 Å². The predicted molar refractivity (Wildman–Crippen MR) is 95.2 cm³/mol. The van der Waals surface area contributed by atoms with Crippen molar-refractivity contribution in [3.8, 4) is 22.9 Å². The molecule has 0 saturated heterocycles. The van der Waals surface area contributed by atoms with Crippen LogP contribution in [0.3, 0.4) is 0 Å². The summed E-state index contributed by atoms with van der Waals surface area (Å²) in [5, 5.41) is 6.80. The van der Waals surface area contributed by atoms with E-state index in [1.54, 1.807) is 18.2 Å². The van der Waals surface area contributed by atoms with Crippen LogP contribution < -0.4 is 5.32 Å². The lowest BCUT2D eigenvalue weighted by atomic mass is 10.1. The Balaban J connectivity index is 1.49. The largest absolute Gasteiger partial charge is 0.446 e. The molecule has 0 unspecified atom stereocenters. The van der Waals surface area contributed by atoms with E-state index >= 15 is 0 Å². The monoisotopic (exact) mass is 416 g/mol. The average Bonchev–Trinajstić information content (AvgIpc) is 3.35. The minimum Gasteiger partial charge on any atom is -0.446 e. The predicted octanol–water partition coefficient (Wildman–Crippen LogP) is 4.47. The molecule has 1 aromatic carbocycles. The molecule has 0 atom stereocenters. The van der Waals surface area contributed by atoms with Crippen LogP contribution in [0.25, 0.3) is 22.9 Å². The number of carbonyl (C=O) groups is 1. The fraction of sp³-hybridized carbons (Fsp3) is 0. The van der Waals surface area contributed by atoms with Gasteiger partial charge in [-0.05, 0) is 28.1 Å². The number of furan rings is 1. The molecule has 0 aliphatic heterocycles. The van der Waals surface area contributed by atoms with E-state index in [9.17, 15) is 4.79 Å². The molecule has 3 aromatic heterocycles. The summed E-state index contributed by atoms with van der Waals surface area (Å²) in [6, 6.07) is 14.5. The van der Waals surface area contributed by atoms with Gasteiger partial charge in [0.05, 0.1) is 0 Å². The highest BCUT2D eigenvalue weighted by Crippen LogP contribution is 2.26. The number of benzene rings is 1. The Morgan fingerprint density at radius 3 is 2.72 bits per heavy atom. The normalized spacial score (nSPS) is 10.8. The van der Waals surface area contributed by atoms with Crippen molar-refractivity contribution < 1.29 is 13.7 Å². The van der Waals surface area contributed by atoms with Gasteiger partial charge in [-0.25, -0.2) is 0 Å². The van der Waals surface area contributed by atoms with Crippen LogP contribution in [0, 0.1) is 0 Å². The standard InChI is InChI=1S/C16H9BrN4O3S/c17-13-7-6-11(23-13)14-18-16(25-21-14)19-15(22)10-8-12(24-20-10)9-4-2-1-3-5-9/h1-8H,(H,18,19,21,22). The molecule has 0 aliphatic carbocycles. The van der Waals surface area contributed by atoms with Crippen LogP contribution in [0.4, 0.5) is 5.13 Å². The zero-order valence-electron chi connectivity index (χ0n) is 12.5. The molecule has 4 aromatic rings. The van der Waals surface area contributed by atoms with Gasteiger partial charge in [0, 0.05) is 23.2 Å². The SMILES string of the molecule is O=C(Nc1nc(-c2ccc(Br)o2)ns1)c1cc(-c2ccccc2)on1. The summed E-state index contributed by atoms with van der Waals surface area (Å²) in [5.41, 5.74) is 1.01. The molecule has 0 aliphatic rings. The summed E-state index contributed by atoms with van der Waals surface area (Å²) in [7, 11) is 0. The van der Waals surface area contributed by atoms with E-state index in [1.807, 2.05) is 30.3 Å². The minimum absolute atomic E-state index is 0.163. The number of nitrogens with zero attached hydrogens (tertiary/aromatic N) is 3. The van der Waals surface area contributed by atoms with Gasteiger partial charge in [-0.15, -0.1) is 0 Å². The first kappa shape index (κ1) is 15.7. The molecule has 0 fully saturated rings. The number of hydrogen-bond donors (Lipinski definition) is 1. The Hall–Kier alpha value is -2.78. The number of aromatic nitrogens is 3. The van der Waals surface area contributed by atoms with Crippen LogP contribution in [0.15, 0.2) is 62.1 Å². The van der Waals surface area contributed by atoms with E-state index in [0.717, 1.165) is 17.1 Å². The molecule has 0 radical (unpaired) electrons. The number of nitrogens with one attached hydrogen (secondary N) is 1. The molecule has 3 heterocycles. The molecule has 0 bridgehead atoms. The average molecular weight is 417 g/mol. The lowest BCUT2D eigenvalue weighted by Gasteiger charge is -1.95. The van der Waals surface area contributed by atoms with Gasteiger partial charge in [-0.2, -0.15) is 9.36 Å². The Bertz CT molecular complexity index is 1020. The lowest BCUT2D eigenvalue weighted by molar-refractivity contribution is 0.101. The smallest absolute Gasteiger partial charge is 0.279 e. The van der Waals surface area contributed by atoms with Crippen LogP contribution in [0.5, 0.6) is 0 Å². The molecule has 1 amide bonds. The van der Waals surface area contributed by atoms with Crippen LogP contribution in [0.1, 0.15) is 10.5 Å². The van der Waals surface area contributed by atoms with Crippen LogP contribution in [-0.2, 0) is 0 Å². The molecule has 0 saturated carbocycles. The Morgan fingerprint density at radius 2 is 1.96 bits per heavy atom. The highest BCUT2D eigenvalue weighted by molar-refractivity contribution is 9.10. The third-order valence-corrected chi connectivity index (χ3v) is 4.30. The van der Waals surface area contributed by atoms with Crippen molar-refractivity contribution in [2.24, 2.45) is 0 Å². The summed E-state index contributed by atoms with van der Waals surface area (Å²) in [4.78, 5) is 16.5. The zero-order valence-corrected chi connectivity index (χ0v) is 14.9. The van der Waals surface area contributed by atoms with Gasteiger partial charge in [-0.1, -0.05) is 35.5 Å². The molecule has 9 heteroatoms. The fourth-order valence-corrected chi connectivity index (χ4v) is 2.97. The van der Waals surface area contributed by atoms with E-state index in [1.165, 1.54) is 0 Å². The number of anilines is 1.